The molecule has 0 aromatic carbocycles. The smallest absolute Gasteiger partial charge is 0.306 e. The summed E-state index contributed by atoms with van der Waals surface area (Å²) < 4.78 is 17.8. The van der Waals surface area contributed by atoms with Gasteiger partial charge in [-0.15, -0.1) is 0 Å². The molecule has 0 bridgehead atoms. The fourth-order valence-corrected chi connectivity index (χ4v) is 7.22. The zero-order chi connectivity index (χ0) is 33.4. The van der Waals surface area contributed by atoms with Crippen LogP contribution in [-0.2, 0) is 33.0 Å². The van der Waals surface area contributed by atoms with E-state index in [1.807, 2.05) is 53.9 Å². The molecule has 2 saturated heterocycles. The van der Waals surface area contributed by atoms with Crippen molar-refractivity contribution in [3.8, 4) is 6.07 Å². The van der Waals surface area contributed by atoms with Gasteiger partial charge in [0.2, 0.25) is 20.2 Å². The molecule has 2 aliphatic heterocycles. The van der Waals surface area contributed by atoms with Crippen LogP contribution in [0.4, 0.5) is 0 Å². The lowest BCUT2D eigenvalue weighted by molar-refractivity contribution is -0.151. The third-order valence-corrected chi connectivity index (χ3v) is 10.1. The first-order valence-electron chi connectivity index (χ1n) is 15.9. The minimum atomic E-state index is -1.24. The molecule has 0 aliphatic carbocycles. The van der Waals surface area contributed by atoms with Crippen LogP contribution < -0.4 is 0 Å². The summed E-state index contributed by atoms with van der Waals surface area (Å²) in [6.07, 6.45) is 3.29. The monoisotopic (exact) mass is 641 g/mol. The van der Waals surface area contributed by atoms with Gasteiger partial charge in [-0.3, -0.25) is 24.2 Å². The number of hydrogen-bond acceptors (Lipinski definition) is 10. The Morgan fingerprint density at radius 3 is 1.77 bits per heavy atom. The van der Waals surface area contributed by atoms with Gasteiger partial charge in [0.25, 0.3) is 0 Å². The Labute approximate surface area is 266 Å². The Kier molecular flexibility index (Phi) is 18.8. The Morgan fingerprint density at radius 1 is 0.841 bits per heavy atom. The lowest BCUT2D eigenvalue weighted by atomic mass is 10.0. The summed E-state index contributed by atoms with van der Waals surface area (Å²) in [5.41, 5.74) is 0. The van der Waals surface area contributed by atoms with Crippen molar-refractivity contribution in [1.82, 2.24) is 19.6 Å². The summed E-state index contributed by atoms with van der Waals surface area (Å²) in [6.45, 7) is 12.2. The number of nitriles is 1. The van der Waals surface area contributed by atoms with E-state index in [2.05, 4.69) is 22.8 Å². The van der Waals surface area contributed by atoms with Crippen LogP contribution in [0.1, 0.15) is 79.6 Å². The number of rotatable bonds is 16. The summed E-state index contributed by atoms with van der Waals surface area (Å²) in [4.78, 5) is 54.0. The minimum Gasteiger partial charge on any atom is -0.460 e. The van der Waals surface area contributed by atoms with Gasteiger partial charge in [-0.05, 0) is 48.0 Å². The fraction of sp³-hybridized carbons (Fsp3) is 0.839. The number of nitrogens with zero attached hydrogens (tertiary/aromatic N) is 5. The Hall–Kier alpha value is -2.16. The van der Waals surface area contributed by atoms with Crippen molar-refractivity contribution < 1.29 is 33.0 Å². The van der Waals surface area contributed by atoms with Crippen LogP contribution in [0, 0.1) is 23.2 Å². The number of ether oxygens (including phenoxy) is 1. The highest BCUT2D eigenvalue weighted by molar-refractivity contribution is 7.47. The van der Waals surface area contributed by atoms with Crippen molar-refractivity contribution in [3.63, 3.8) is 0 Å². The van der Waals surface area contributed by atoms with E-state index in [4.69, 9.17) is 19.0 Å². The van der Waals surface area contributed by atoms with E-state index < -0.39 is 8.38 Å². The highest BCUT2D eigenvalue weighted by Gasteiger charge is 2.39. The molecule has 2 aliphatic rings. The molecule has 5 atom stereocenters. The third kappa shape index (κ3) is 13.1. The summed E-state index contributed by atoms with van der Waals surface area (Å²) in [5, 5.41) is 8.79. The SMILES string of the molecule is CCC(=O)N1C[C@@H](CC)[C@H](OC(=O)CCC(C)=O)C1.CCC(=O)N1C[C@@H](CC)[C@H](OP(OCCC#N)C(N(C)C)N(C)C)C1. The molecule has 0 saturated carbocycles. The number of likely N-dealkylation sites (tertiary alicyclic amines) is 2. The number of ketones is 1. The van der Waals surface area contributed by atoms with Crippen molar-refractivity contribution >= 4 is 31.9 Å². The molecule has 2 heterocycles. The van der Waals surface area contributed by atoms with E-state index in [-0.39, 0.29) is 60.4 Å². The van der Waals surface area contributed by atoms with Gasteiger partial charge in [0.05, 0.1) is 38.2 Å². The van der Waals surface area contributed by atoms with Crippen LogP contribution >= 0.6 is 8.38 Å². The maximum atomic E-state index is 12.1. The topological polar surface area (TPSA) is 133 Å². The molecule has 13 heteroatoms. The number of carbonyl (C=O) groups excluding carboxylic acids is 4. The van der Waals surface area contributed by atoms with Crippen LogP contribution in [-0.4, -0.2) is 122 Å². The third-order valence-electron chi connectivity index (χ3n) is 7.87. The van der Waals surface area contributed by atoms with Crippen LogP contribution in [0.2, 0.25) is 0 Å². The molecule has 0 N–H and O–H groups in total. The van der Waals surface area contributed by atoms with Gasteiger partial charge >= 0.3 is 5.97 Å². The van der Waals surface area contributed by atoms with E-state index in [9.17, 15) is 19.2 Å². The Bertz CT molecular complexity index is 952. The van der Waals surface area contributed by atoms with Gasteiger partial charge in [-0.25, -0.2) is 0 Å². The van der Waals surface area contributed by atoms with Crippen molar-refractivity contribution in [2.45, 2.75) is 97.7 Å². The molecule has 0 radical (unpaired) electrons. The Morgan fingerprint density at radius 2 is 1.34 bits per heavy atom. The quantitative estimate of drug-likeness (QED) is 0.106. The van der Waals surface area contributed by atoms with Gasteiger partial charge in [0, 0.05) is 50.7 Å². The first-order valence-corrected chi connectivity index (χ1v) is 17.1. The van der Waals surface area contributed by atoms with Gasteiger partial charge in [0.1, 0.15) is 17.8 Å². The van der Waals surface area contributed by atoms with E-state index in [1.165, 1.54) is 6.92 Å². The van der Waals surface area contributed by atoms with Crippen LogP contribution in [0.25, 0.3) is 0 Å². The van der Waals surface area contributed by atoms with E-state index >= 15 is 0 Å². The first-order chi connectivity index (χ1) is 20.8. The molecular formula is C31H56N5O7P. The van der Waals surface area contributed by atoms with Gasteiger partial charge in [0.15, 0.2) is 0 Å². The van der Waals surface area contributed by atoms with Gasteiger partial charge in [-0.2, -0.15) is 5.26 Å². The van der Waals surface area contributed by atoms with Crippen molar-refractivity contribution in [3.05, 3.63) is 0 Å². The van der Waals surface area contributed by atoms with Crippen molar-refractivity contribution in [2.24, 2.45) is 11.8 Å². The summed E-state index contributed by atoms with van der Waals surface area (Å²) in [5.74, 6) is 0.434. The summed E-state index contributed by atoms with van der Waals surface area (Å²) in [6, 6.07) is 2.11. The second kappa shape index (κ2) is 20.8. The lowest BCUT2D eigenvalue weighted by Crippen LogP contribution is -2.41. The lowest BCUT2D eigenvalue weighted by Gasteiger charge is -2.37. The van der Waals surface area contributed by atoms with Crippen LogP contribution in [0.3, 0.4) is 0 Å². The van der Waals surface area contributed by atoms with E-state index in [0.717, 1.165) is 19.4 Å². The van der Waals surface area contributed by atoms with Crippen molar-refractivity contribution in [1.29, 1.82) is 5.26 Å². The van der Waals surface area contributed by atoms with Crippen LogP contribution in [0.5, 0.6) is 0 Å². The van der Waals surface area contributed by atoms with Gasteiger partial charge in [-0.1, -0.05) is 27.7 Å². The van der Waals surface area contributed by atoms with Crippen LogP contribution in [0.15, 0.2) is 0 Å². The largest absolute Gasteiger partial charge is 0.460 e. The normalized spacial score (nSPS) is 22.2. The highest BCUT2D eigenvalue weighted by Crippen LogP contribution is 2.48. The minimum absolute atomic E-state index is 0.0119. The second-order valence-corrected chi connectivity index (χ2v) is 13.3. The first kappa shape index (κ1) is 39.9. The predicted molar refractivity (Wildman–Crippen MR) is 170 cm³/mol. The molecule has 0 spiro atoms. The number of carbonyl (C=O) groups is 4. The molecule has 2 fully saturated rings. The molecule has 0 aromatic heterocycles. The molecule has 1 unspecified atom stereocenters. The summed E-state index contributed by atoms with van der Waals surface area (Å²) in [7, 11) is 6.75. The maximum absolute atomic E-state index is 12.1. The van der Waals surface area contributed by atoms with E-state index in [0.29, 0.717) is 51.4 Å². The molecule has 0 aromatic rings. The zero-order valence-electron chi connectivity index (χ0n) is 28.4. The number of hydrogen-bond donors (Lipinski definition) is 0. The average molecular weight is 642 g/mol. The highest BCUT2D eigenvalue weighted by atomic mass is 31.2. The molecule has 2 amide bonds. The number of esters is 1. The second-order valence-electron chi connectivity index (χ2n) is 11.8. The predicted octanol–water partition coefficient (Wildman–Crippen LogP) is 3.84. The van der Waals surface area contributed by atoms with Gasteiger partial charge < -0.3 is 28.4 Å². The Balaban J connectivity index is 0.000000457. The molecule has 252 valence electrons. The zero-order valence-corrected chi connectivity index (χ0v) is 29.3. The van der Waals surface area contributed by atoms with Crippen molar-refractivity contribution in [2.75, 3.05) is 61.0 Å². The summed E-state index contributed by atoms with van der Waals surface area (Å²) >= 11 is 0. The number of amides is 2. The molecule has 12 nitrogen and oxygen atoms in total. The average Bonchev–Trinajstić information content (AvgIpc) is 3.58. The fourth-order valence-electron chi connectivity index (χ4n) is 5.39. The molecule has 2 rings (SSSR count). The maximum Gasteiger partial charge on any atom is 0.306 e. The van der Waals surface area contributed by atoms with E-state index in [1.54, 1.807) is 4.90 Å². The number of Topliss-reactive ketones (excluding diaryl/α,β-unsaturated/α-hetero) is 1. The standard InChI is InChI=1S/C17H33N4O3P.C14H23NO4/c1-7-14-12-21(16(22)8-2)13-15(14)24-25(23-11-9-10-18)17(19(3)4)20(5)6;1-4-11-8-15(13(17)5-2)9-12(11)19-14(18)7-6-10(3)16/h14-15,17H,7-9,11-13H2,1-6H3;11-12H,4-9H2,1-3H3/t14-,15-,25?;11-,12-/m11/s1. The molecular weight excluding hydrogens is 585 g/mol. The molecule has 44 heavy (non-hydrogen) atoms.